The van der Waals surface area contributed by atoms with Crippen molar-refractivity contribution in [1.29, 1.82) is 0 Å². The molecule has 4 heteroatoms. The van der Waals surface area contributed by atoms with E-state index in [1.807, 2.05) is 6.20 Å². The molecule has 0 radical (unpaired) electrons. The molecule has 0 bridgehead atoms. The van der Waals surface area contributed by atoms with Crippen LogP contribution in [-0.4, -0.2) is 23.0 Å². The highest BCUT2D eigenvalue weighted by molar-refractivity contribution is 7.09. The summed E-state index contributed by atoms with van der Waals surface area (Å²) >= 11 is 1.71. The van der Waals surface area contributed by atoms with Crippen LogP contribution in [-0.2, 0) is 6.42 Å². The van der Waals surface area contributed by atoms with Crippen molar-refractivity contribution >= 4 is 11.3 Å². The molecule has 2 aromatic rings. The molecule has 1 aromatic carbocycles. The maximum absolute atomic E-state index is 4.58. The predicted molar refractivity (Wildman–Crippen MR) is 141 cm³/mol. The molecule has 1 N–H and O–H groups in total. The molecule has 0 aliphatic carbocycles. The SMILES string of the molecule is C=C(NC(Cc1ccccc1)c1nccs1)C(C)CCN(CCC)C(=C)CCCCCC. The summed E-state index contributed by atoms with van der Waals surface area (Å²) in [5.74, 6) is 0.389. The molecule has 1 aromatic heterocycles. The first kappa shape index (κ1) is 26.2. The summed E-state index contributed by atoms with van der Waals surface area (Å²) in [7, 11) is 0. The van der Waals surface area contributed by atoms with Crippen LogP contribution in [0.15, 0.2) is 66.5 Å². The van der Waals surface area contributed by atoms with Gasteiger partial charge in [0.2, 0.25) is 0 Å². The molecule has 0 saturated carbocycles. The van der Waals surface area contributed by atoms with Crippen molar-refractivity contribution in [3.8, 4) is 0 Å². The van der Waals surface area contributed by atoms with Gasteiger partial charge in [-0.3, -0.25) is 0 Å². The van der Waals surface area contributed by atoms with Crippen LogP contribution in [0, 0.1) is 5.92 Å². The second-order valence-electron chi connectivity index (χ2n) is 8.84. The fourth-order valence-corrected chi connectivity index (χ4v) is 4.65. The molecule has 0 aliphatic rings. The number of unbranched alkanes of at least 4 members (excludes halogenated alkanes) is 3. The summed E-state index contributed by atoms with van der Waals surface area (Å²) in [6, 6.07) is 10.8. The van der Waals surface area contributed by atoms with E-state index in [-0.39, 0.29) is 6.04 Å². The molecule has 0 spiro atoms. The molecule has 0 saturated heterocycles. The second kappa shape index (κ2) is 14.9. The lowest BCUT2D eigenvalue weighted by Gasteiger charge is -2.29. The van der Waals surface area contributed by atoms with Gasteiger partial charge in [-0.05, 0) is 43.6 Å². The van der Waals surface area contributed by atoms with Crippen molar-refractivity contribution in [2.24, 2.45) is 5.92 Å². The van der Waals surface area contributed by atoms with Gasteiger partial charge in [-0.2, -0.15) is 0 Å². The Bertz CT molecular complexity index is 769. The molecular formula is C28H43N3S. The highest BCUT2D eigenvalue weighted by atomic mass is 32.1. The number of nitrogens with zero attached hydrogens (tertiary/aromatic N) is 2. The van der Waals surface area contributed by atoms with Gasteiger partial charge in [-0.1, -0.05) is 83.5 Å². The van der Waals surface area contributed by atoms with Crippen molar-refractivity contribution in [2.75, 3.05) is 13.1 Å². The van der Waals surface area contributed by atoms with Gasteiger partial charge in [-0.25, -0.2) is 4.98 Å². The lowest BCUT2D eigenvalue weighted by molar-refractivity contribution is 0.308. The molecule has 3 nitrogen and oxygen atoms in total. The number of nitrogens with one attached hydrogen (secondary N) is 1. The van der Waals surface area contributed by atoms with E-state index in [1.54, 1.807) is 11.3 Å². The van der Waals surface area contributed by atoms with Gasteiger partial charge in [0.15, 0.2) is 0 Å². The van der Waals surface area contributed by atoms with Crippen LogP contribution in [0.1, 0.15) is 82.3 Å². The fourth-order valence-electron chi connectivity index (χ4n) is 3.96. The zero-order valence-corrected chi connectivity index (χ0v) is 21.3. The average Bonchev–Trinajstić information content (AvgIpc) is 3.34. The maximum Gasteiger partial charge on any atom is 0.115 e. The monoisotopic (exact) mass is 453 g/mol. The highest BCUT2D eigenvalue weighted by Crippen LogP contribution is 2.24. The summed E-state index contributed by atoms with van der Waals surface area (Å²) < 4.78 is 0. The number of thiazole rings is 1. The molecule has 0 fully saturated rings. The van der Waals surface area contributed by atoms with Gasteiger partial charge < -0.3 is 10.2 Å². The van der Waals surface area contributed by atoms with Crippen molar-refractivity contribution in [3.05, 3.63) is 77.0 Å². The Morgan fingerprint density at radius 3 is 2.50 bits per heavy atom. The quantitative estimate of drug-likeness (QED) is 0.248. The van der Waals surface area contributed by atoms with Crippen LogP contribution in [0.5, 0.6) is 0 Å². The van der Waals surface area contributed by atoms with Crippen LogP contribution >= 0.6 is 11.3 Å². The van der Waals surface area contributed by atoms with E-state index >= 15 is 0 Å². The van der Waals surface area contributed by atoms with Crippen LogP contribution in [0.25, 0.3) is 0 Å². The van der Waals surface area contributed by atoms with E-state index in [2.05, 4.69) is 84.8 Å². The molecule has 2 unspecified atom stereocenters. The molecule has 1 heterocycles. The first-order valence-electron chi connectivity index (χ1n) is 12.4. The summed E-state index contributed by atoms with van der Waals surface area (Å²) in [5.41, 5.74) is 3.72. The second-order valence-corrected chi connectivity index (χ2v) is 9.76. The molecular weight excluding hydrogens is 410 g/mol. The Morgan fingerprint density at radius 1 is 1.06 bits per heavy atom. The van der Waals surface area contributed by atoms with Gasteiger partial charge in [0.05, 0.1) is 6.04 Å². The largest absolute Gasteiger partial charge is 0.379 e. The van der Waals surface area contributed by atoms with Crippen LogP contribution in [0.3, 0.4) is 0 Å². The number of benzene rings is 1. The van der Waals surface area contributed by atoms with E-state index in [1.165, 1.54) is 36.9 Å². The maximum atomic E-state index is 4.58. The third-order valence-electron chi connectivity index (χ3n) is 6.08. The summed E-state index contributed by atoms with van der Waals surface area (Å²) in [4.78, 5) is 7.08. The van der Waals surface area contributed by atoms with Gasteiger partial charge in [0.1, 0.15) is 5.01 Å². The average molecular weight is 454 g/mol. The van der Waals surface area contributed by atoms with Gasteiger partial charge in [-0.15, -0.1) is 11.3 Å². The minimum absolute atomic E-state index is 0.160. The summed E-state index contributed by atoms with van der Waals surface area (Å²) in [6.07, 6.45) is 11.3. The van der Waals surface area contributed by atoms with Crippen molar-refractivity contribution < 1.29 is 0 Å². The minimum Gasteiger partial charge on any atom is -0.379 e. The van der Waals surface area contributed by atoms with Gasteiger partial charge in [0.25, 0.3) is 0 Å². The smallest absolute Gasteiger partial charge is 0.115 e. The van der Waals surface area contributed by atoms with E-state index in [0.29, 0.717) is 5.92 Å². The van der Waals surface area contributed by atoms with E-state index in [9.17, 15) is 0 Å². The summed E-state index contributed by atoms with van der Waals surface area (Å²) in [5, 5.41) is 6.89. The Morgan fingerprint density at radius 2 is 1.84 bits per heavy atom. The Kier molecular flexibility index (Phi) is 12.2. The lowest BCUT2D eigenvalue weighted by Crippen LogP contribution is -2.29. The number of rotatable bonds is 17. The number of allylic oxidation sites excluding steroid dienone is 2. The van der Waals surface area contributed by atoms with E-state index < -0.39 is 0 Å². The standard InChI is InChI=1S/C28H43N3S/c1-6-8-9-11-14-24(4)31(19-7-2)20-17-23(3)25(5)30-27(28-29-18-21-32-28)22-26-15-12-10-13-16-26/h10,12-13,15-16,18,21,23,27,30H,4-9,11,14,17,19-20,22H2,1-3H3. The Hall–Kier alpha value is -2.07. The van der Waals surface area contributed by atoms with Crippen LogP contribution in [0.2, 0.25) is 0 Å². The molecule has 2 atom stereocenters. The van der Waals surface area contributed by atoms with Gasteiger partial charge >= 0.3 is 0 Å². The molecule has 176 valence electrons. The highest BCUT2D eigenvalue weighted by Gasteiger charge is 2.18. The third-order valence-corrected chi connectivity index (χ3v) is 6.97. The number of hydrogen-bond acceptors (Lipinski definition) is 4. The van der Waals surface area contributed by atoms with Crippen LogP contribution in [0.4, 0.5) is 0 Å². The van der Waals surface area contributed by atoms with Crippen molar-refractivity contribution in [2.45, 2.75) is 78.2 Å². The first-order chi connectivity index (χ1) is 15.5. The normalized spacial score (nSPS) is 12.8. The number of aromatic nitrogens is 1. The third kappa shape index (κ3) is 9.20. The zero-order chi connectivity index (χ0) is 23.2. The summed E-state index contributed by atoms with van der Waals surface area (Å²) in [6.45, 7) is 17.7. The topological polar surface area (TPSA) is 28.2 Å². The lowest BCUT2D eigenvalue weighted by atomic mass is 10.0. The van der Waals surface area contributed by atoms with Crippen LogP contribution < -0.4 is 5.32 Å². The Balaban J connectivity index is 1.90. The molecule has 32 heavy (non-hydrogen) atoms. The van der Waals surface area contributed by atoms with Crippen molar-refractivity contribution in [3.63, 3.8) is 0 Å². The van der Waals surface area contributed by atoms with Crippen molar-refractivity contribution in [1.82, 2.24) is 15.2 Å². The van der Waals surface area contributed by atoms with E-state index in [4.69, 9.17) is 0 Å². The Labute approximate surface area is 200 Å². The molecule has 0 aliphatic heterocycles. The van der Waals surface area contributed by atoms with Gasteiger partial charge in [0, 0.05) is 36.1 Å². The minimum atomic E-state index is 0.160. The first-order valence-corrected chi connectivity index (χ1v) is 13.2. The zero-order valence-electron chi connectivity index (χ0n) is 20.5. The fraction of sp³-hybridized carbons (Fsp3) is 0.536. The van der Waals surface area contributed by atoms with E-state index in [0.717, 1.165) is 49.5 Å². The molecule has 0 amide bonds. The predicted octanol–water partition coefficient (Wildman–Crippen LogP) is 7.75. The number of hydrogen-bond donors (Lipinski definition) is 1. The molecule has 2 rings (SSSR count).